The van der Waals surface area contributed by atoms with Crippen LogP contribution in [0.4, 0.5) is 8.78 Å². The fourth-order valence-corrected chi connectivity index (χ4v) is 2.60. The molecular formula is C23H32F2O. The lowest BCUT2D eigenvalue weighted by Crippen LogP contribution is -2.12. The highest BCUT2D eigenvalue weighted by atomic mass is 19.1. The Morgan fingerprint density at radius 1 is 0.654 bits per heavy atom. The molecule has 0 heterocycles. The highest BCUT2D eigenvalue weighted by molar-refractivity contribution is 5.34. The number of benzene rings is 2. The van der Waals surface area contributed by atoms with Gasteiger partial charge in [-0.1, -0.05) is 70.9 Å². The van der Waals surface area contributed by atoms with Crippen LogP contribution in [0.2, 0.25) is 0 Å². The van der Waals surface area contributed by atoms with Gasteiger partial charge in [0, 0.05) is 0 Å². The van der Waals surface area contributed by atoms with Crippen LogP contribution in [0.15, 0.2) is 30.3 Å². The van der Waals surface area contributed by atoms with Gasteiger partial charge in [0.25, 0.3) is 0 Å². The first kappa shape index (κ1) is 22.1. The summed E-state index contributed by atoms with van der Waals surface area (Å²) in [5.41, 5.74) is 4.78. The molecule has 2 aromatic rings. The topological polar surface area (TPSA) is 9.23 Å². The zero-order valence-corrected chi connectivity index (χ0v) is 17.6. The third-order valence-electron chi connectivity index (χ3n) is 4.16. The minimum atomic E-state index is -0.655. The minimum absolute atomic E-state index is 0.270. The first-order valence-electron chi connectivity index (χ1n) is 8.88. The summed E-state index contributed by atoms with van der Waals surface area (Å²) in [7, 11) is 1.25. The fourth-order valence-electron chi connectivity index (χ4n) is 2.60. The van der Waals surface area contributed by atoms with Crippen molar-refractivity contribution in [3.63, 3.8) is 0 Å². The van der Waals surface area contributed by atoms with Gasteiger partial charge in [-0.2, -0.15) is 0 Å². The number of methoxy groups -OCH3 is 1. The van der Waals surface area contributed by atoms with Crippen molar-refractivity contribution in [1.82, 2.24) is 0 Å². The number of aryl methyl sites for hydroxylation is 2. The predicted octanol–water partition coefficient (Wildman–Crippen LogP) is 6.87. The highest BCUT2D eigenvalue weighted by Gasteiger charge is 2.19. The van der Waals surface area contributed by atoms with E-state index in [-0.39, 0.29) is 16.6 Å². The zero-order valence-electron chi connectivity index (χ0n) is 17.6. The van der Waals surface area contributed by atoms with Gasteiger partial charge >= 0.3 is 0 Å². The van der Waals surface area contributed by atoms with E-state index >= 15 is 0 Å². The van der Waals surface area contributed by atoms with Gasteiger partial charge < -0.3 is 4.74 Å². The van der Waals surface area contributed by atoms with Crippen molar-refractivity contribution in [2.75, 3.05) is 7.11 Å². The van der Waals surface area contributed by atoms with E-state index in [1.807, 2.05) is 20.8 Å². The molecule has 0 aromatic heterocycles. The van der Waals surface area contributed by atoms with E-state index in [1.165, 1.54) is 35.9 Å². The molecule has 26 heavy (non-hydrogen) atoms. The van der Waals surface area contributed by atoms with Crippen molar-refractivity contribution < 1.29 is 13.5 Å². The Morgan fingerprint density at radius 3 is 1.31 bits per heavy atom. The van der Waals surface area contributed by atoms with Crippen LogP contribution in [0.25, 0.3) is 0 Å². The Morgan fingerprint density at radius 2 is 1.00 bits per heavy atom. The number of ether oxygens (including phenoxy) is 1. The largest absolute Gasteiger partial charge is 0.491 e. The fraction of sp³-hybridized carbons (Fsp3) is 0.478. The molecule has 0 atom stereocenters. The molecule has 0 saturated heterocycles. The monoisotopic (exact) mass is 362 g/mol. The van der Waals surface area contributed by atoms with E-state index in [4.69, 9.17) is 0 Å². The van der Waals surface area contributed by atoms with Crippen molar-refractivity contribution in [2.24, 2.45) is 0 Å². The van der Waals surface area contributed by atoms with E-state index < -0.39 is 11.6 Å². The second-order valence-electron chi connectivity index (χ2n) is 8.85. The van der Waals surface area contributed by atoms with Gasteiger partial charge in [0.1, 0.15) is 0 Å². The standard InChI is InChI=1S/C12H18.C11H14F2O/c1-9-6-10(2)8-11(7-9)12(3,4)5;1-11(2,3)7-5-8(12)10(14-4)9(13)6-7/h6-8H,1-5H3;5-6H,1-4H3. The molecule has 2 aromatic carbocycles. The lowest BCUT2D eigenvalue weighted by atomic mass is 9.85. The van der Waals surface area contributed by atoms with Crippen molar-refractivity contribution in [2.45, 2.75) is 66.2 Å². The number of hydrogen-bond acceptors (Lipinski definition) is 1. The lowest BCUT2D eigenvalue weighted by Gasteiger charge is -2.20. The Labute approximate surface area is 157 Å². The summed E-state index contributed by atoms with van der Waals surface area (Å²) in [6.07, 6.45) is 0. The smallest absolute Gasteiger partial charge is 0.190 e. The van der Waals surface area contributed by atoms with E-state index in [1.54, 1.807) is 0 Å². The summed E-state index contributed by atoms with van der Waals surface area (Å²) in [4.78, 5) is 0. The van der Waals surface area contributed by atoms with Crippen LogP contribution in [0.3, 0.4) is 0 Å². The molecule has 2 rings (SSSR count). The molecule has 0 N–H and O–H groups in total. The van der Waals surface area contributed by atoms with Crippen molar-refractivity contribution >= 4 is 0 Å². The third-order valence-corrected chi connectivity index (χ3v) is 4.16. The van der Waals surface area contributed by atoms with Crippen molar-refractivity contribution in [3.8, 4) is 5.75 Å². The van der Waals surface area contributed by atoms with E-state index in [0.29, 0.717) is 5.56 Å². The van der Waals surface area contributed by atoms with Crippen LogP contribution in [-0.4, -0.2) is 7.11 Å². The molecule has 0 unspecified atom stereocenters. The van der Waals surface area contributed by atoms with Gasteiger partial charge in [0.05, 0.1) is 7.11 Å². The highest BCUT2D eigenvalue weighted by Crippen LogP contribution is 2.29. The molecule has 0 aliphatic carbocycles. The molecule has 3 heteroatoms. The predicted molar refractivity (Wildman–Crippen MR) is 106 cm³/mol. The maximum Gasteiger partial charge on any atom is 0.190 e. The number of hydrogen-bond donors (Lipinski definition) is 0. The molecule has 0 bridgehead atoms. The molecule has 0 saturated carbocycles. The van der Waals surface area contributed by atoms with Crippen LogP contribution in [0.1, 0.15) is 63.8 Å². The van der Waals surface area contributed by atoms with E-state index in [2.05, 4.69) is 57.6 Å². The van der Waals surface area contributed by atoms with Gasteiger partial charge in [0.15, 0.2) is 17.4 Å². The van der Waals surface area contributed by atoms with Crippen LogP contribution in [-0.2, 0) is 10.8 Å². The summed E-state index contributed by atoms with van der Waals surface area (Å²) >= 11 is 0. The molecule has 0 spiro atoms. The summed E-state index contributed by atoms with van der Waals surface area (Å²) in [5, 5.41) is 0. The minimum Gasteiger partial charge on any atom is -0.491 e. The van der Waals surface area contributed by atoms with Gasteiger partial charge in [-0.05, 0) is 47.9 Å². The molecule has 0 amide bonds. The van der Waals surface area contributed by atoms with Crippen LogP contribution < -0.4 is 4.74 Å². The molecule has 0 aliphatic rings. The van der Waals surface area contributed by atoms with Gasteiger partial charge in [-0.25, -0.2) is 8.78 Å². The van der Waals surface area contributed by atoms with Crippen molar-refractivity contribution in [3.05, 3.63) is 64.2 Å². The third kappa shape index (κ3) is 6.12. The quantitative estimate of drug-likeness (QED) is 0.538. The molecular weight excluding hydrogens is 330 g/mol. The first-order chi connectivity index (χ1) is 11.8. The number of rotatable bonds is 1. The summed E-state index contributed by atoms with van der Waals surface area (Å²) in [6, 6.07) is 9.37. The van der Waals surface area contributed by atoms with E-state index in [0.717, 1.165) is 0 Å². The average molecular weight is 363 g/mol. The Hall–Kier alpha value is -1.90. The normalized spacial score (nSPS) is 11.7. The molecule has 0 aliphatic heterocycles. The maximum absolute atomic E-state index is 13.3. The second-order valence-corrected chi connectivity index (χ2v) is 8.85. The molecule has 0 fully saturated rings. The van der Waals surface area contributed by atoms with Gasteiger partial charge in [-0.15, -0.1) is 0 Å². The summed E-state index contributed by atoms with van der Waals surface area (Å²) in [6.45, 7) is 16.8. The van der Waals surface area contributed by atoms with Gasteiger partial charge in [-0.3, -0.25) is 0 Å². The van der Waals surface area contributed by atoms with Crippen LogP contribution >= 0.6 is 0 Å². The SMILES string of the molecule is COc1c(F)cc(C(C)(C)C)cc1F.Cc1cc(C)cc(C(C)(C)C)c1. The van der Waals surface area contributed by atoms with Crippen LogP contribution in [0.5, 0.6) is 5.75 Å². The molecule has 0 radical (unpaired) electrons. The summed E-state index contributed by atoms with van der Waals surface area (Å²) < 4.78 is 31.1. The van der Waals surface area contributed by atoms with Crippen molar-refractivity contribution in [1.29, 1.82) is 0 Å². The van der Waals surface area contributed by atoms with Crippen LogP contribution in [0, 0.1) is 25.5 Å². The summed E-state index contributed by atoms with van der Waals surface area (Å²) in [5.74, 6) is -1.63. The van der Waals surface area contributed by atoms with Gasteiger partial charge in [0.2, 0.25) is 0 Å². The maximum atomic E-state index is 13.3. The molecule has 144 valence electrons. The Balaban J connectivity index is 0.000000263. The van der Waals surface area contributed by atoms with E-state index in [9.17, 15) is 8.78 Å². The number of halogens is 2. The molecule has 1 nitrogen and oxygen atoms in total. The Kier molecular flexibility index (Phi) is 6.98. The zero-order chi connectivity index (χ0) is 20.3. The lowest BCUT2D eigenvalue weighted by molar-refractivity contribution is 0.358. The average Bonchev–Trinajstić information content (AvgIpc) is 2.44. The first-order valence-corrected chi connectivity index (χ1v) is 8.88. The Bertz CT molecular complexity index is 707. The second kappa shape index (κ2) is 8.20.